The molecule has 0 fully saturated rings. The van der Waals surface area contributed by atoms with Gasteiger partial charge in [0, 0.05) is 5.56 Å². The Hall–Kier alpha value is -1.39. The van der Waals surface area contributed by atoms with Gasteiger partial charge in [-0.3, -0.25) is 0 Å². The molecule has 0 radical (unpaired) electrons. The van der Waals surface area contributed by atoms with Gasteiger partial charge >= 0.3 is 0 Å². The van der Waals surface area contributed by atoms with Crippen molar-refractivity contribution in [2.75, 3.05) is 21.1 Å². The second kappa shape index (κ2) is 6.80. The van der Waals surface area contributed by atoms with Gasteiger partial charge in [0.1, 0.15) is 6.54 Å². The highest BCUT2D eigenvalue weighted by atomic mass is 127. The van der Waals surface area contributed by atoms with Gasteiger partial charge in [-0.2, -0.15) is 0 Å². The van der Waals surface area contributed by atoms with Crippen molar-refractivity contribution < 1.29 is 28.5 Å². The van der Waals surface area contributed by atoms with Crippen molar-refractivity contribution in [3.8, 4) is 11.1 Å². The summed E-state index contributed by atoms with van der Waals surface area (Å²) in [5.74, 6) is 0. The molecule has 0 bridgehead atoms. The predicted molar refractivity (Wildman–Crippen MR) is 91.1 cm³/mol. The number of hydrogen-bond acceptors (Lipinski definition) is 0. The van der Waals surface area contributed by atoms with Gasteiger partial charge in [0.15, 0.2) is 0 Å². The largest absolute Gasteiger partial charge is 1.00 e. The topological polar surface area (TPSA) is 0 Å². The maximum atomic E-state index is 2.27. The lowest BCUT2D eigenvalue weighted by atomic mass is 9.93. The average Bonchev–Trinajstić information content (AvgIpc) is 2.47. The van der Waals surface area contributed by atoms with Crippen molar-refractivity contribution in [2.45, 2.75) is 6.54 Å². The minimum atomic E-state index is 0. The van der Waals surface area contributed by atoms with E-state index < -0.39 is 0 Å². The first-order chi connectivity index (χ1) is 10.0. The zero-order valence-electron chi connectivity index (χ0n) is 13.4. The fourth-order valence-corrected chi connectivity index (χ4v) is 2.87. The third-order valence-electron chi connectivity index (χ3n) is 3.76. The van der Waals surface area contributed by atoms with E-state index in [2.05, 4.69) is 87.9 Å². The maximum Gasteiger partial charge on any atom is 0.105 e. The van der Waals surface area contributed by atoms with Crippen LogP contribution in [-0.2, 0) is 6.54 Å². The third kappa shape index (κ3) is 3.68. The number of benzene rings is 3. The number of quaternary nitrogens is 1. The molecule has 3 rings (SSSR count). The molecule has 0 amide bonds. The molecule has 1 nitrogen and oxygen atoms in total. The van der Waals surface area contributed by atoms with Crippen LogP contribution in [0.3, 0.4) is 0 Å². The van der Waals surface area contributed by atoms with Crippen molar-refractivity contribution in [3.05, 3.63) is 72.3 Å². The second-order valence-corrected chi connectivity index (χ2v) is 6.63. The lowest BCUT2D eigenvalue weighted by Crippen LogP contribution is -3.00. The van der Waals surface area contributed by atoms with Gasteiger partial charge in [-0.25, -0.2) is 0 Å². The Morgan fingerprint density at radius 2 is 1.36 bits per heavy atom. The zero-order chi connectivity index (χ0) is 14.9. The van der Waals surface area contributed by atoms with E-state index in [-0.39, 0.29) is 24.0 Å². The van der Waals surface area contributed by atoms with Crippen LogP contribution in [0.5, 0.6) is 0 Å². The Morgan fingerprint density at radius 3 is 2.05 bits per heavy atom. The van der Waals surface area contributed by atoms with Crippen LogP contribution < -0.4 is 24.0 Å². The van der Waals surface area contributed by atoms with Crippen LogP contribution in [0.15, 0.2) is 66.7 Å². The molecule has 0 N–H and O–H groups in total. The number of nitrogens with zero attached hydrogens (tertiary/aromatic N) is 1. The number of rotatable bonds is 3. The fourth-order valence-electron chi connectivity index (χ4n) is 2.87. The third-order valence-corrected chi connectivity index (χ3v) is 3.76. The first-order valence-corrected chi connectivity index (χ1v) is 7.41. The molecule has 3 aromatic carbocycles. The summed E-state index contributed by atoms with van der Waals surface area (Å²) in [6, 6.07) is 23.9. The van der Waals surface area contributed by atoms with Crippen LogP contribution in [0.4, 0.5) is 0 Å². The number of halogens is 1. The van der Waals surface area contributed by atoms with E-state index in [1.807, 2.05) is 0 Å². The SMILES string of the molecule is C[N+](C)(C)Cc1c(-c2ccccc2)ccc2ccccc12.[I-]. The fraction of sp³-hybridized carbons (Fsp3) is 0.200. The standard InChI is InChI=1S/C20H22N.HI/c1-21(2,3)15-20-18-12-8-7-11-17(18)13-14-19(20)16-9-5-4-6-10-16;/h4-14H,15H2,1-3H3;1H/q+1;/p-1. The van der Waals surface area contributed by atoms with Crippen molar-refractivity contribution in [2.24, 2.45) is 0 Å². The van der Waals surface area contributed by atoms with Crippen LogP contribution in [0.1, 0.15) is 5.56 Å². The Kier molecular flexibility index (Phi) is 5.24. The van der Waals surface area contributed by atoms with Crippen LogP contribution in [0.25, 0.3) is 21.9 Å². The van der Waals surface area contributed by atoms with E-state index in [1.165, 1.54) is 27.5 Å². The first kappa shape index (κ1) is 17.0. The molecule has 0 aromatic heterocycles. The molecule has 22 heavy (non-hydrogen) atoms. The maximum absolute atomic E-state index is 2.27. The van der Waals surface area contributed by atoms with Crippen molar-refractivity contribution in [1.29, 1.82) is 0 Å². The highest BCUT2D eigenvalue weighted by molar-refractivity contribution is 5.91. The smallest absolute Gasteiger partial charge is 0.105 e. The highest BCUT2D eigenvalue weighted by Crippen LogP contribution is 2.31. The molecule has 2 heteroatoms. The molecule has 0 heterocycles. The molecular weight excluding hydrogens is 381 g/mol. The second-order valence-electron chi connectivity index (χ2n) is 6.63. The molecule has 0 spiro atoms. The van der Waals surface area contributed by atoms with E-state index in [9.17, 15) is 0 Å². The van der Waals surface area contributed by atoms with Crippen LogP contribution in [-0.4, -0.2) is 25.6 Å². The van der Waals surface area contributed by atoms with Gasteiger partial charge in [0.05, 0.1) is 21.1 Å². The van der Waals surface area contributed by atoms with E-state index in [4.69, 9.17) is 0 Å². The molecule has 3 aromatic rings. The lowest BCUT2D eigenvalue weighted by Gasteiger charge is -2.26. The summed E-state index contributed by atoms with van der Waals surface area (Å²) in [7, 11) is 6.74. The van der Waals surface area contributed by atoms with Crippen LogP contribution in [0, 0.1) is 0 Å². The van der Waals surface area contributed by atoms with Gasteiger partial charge in [0.25, 0.3) is 0 Å². The molecule has 0 unspecified atom stereocenters. The monoisotopic (exact) mass is 403 g/mol. The normalized spacial score (nSPS) is 11.2. The summed E-state index contributed by atoms with van der Waals surface area (Å²) in [4.78, 5) is 0. The van der Waals surface area contributed by atoms with Gasteiger partial charge in [0.2, 0.25) is 0 Å². The molecule has 0 saturated heterocycles. The quantitative estimate of drug-likeness (QED) is 0.462. The first-order valence-electron chi connectivity index (χ1n) is 7.41. The Labute approximate surface area is 150 Å². The molecule has 114 valence electrons. The molecule has 0 saturated carbocycles. The average molecular weight is 403 g/mol. The van der Waals surface area contributed by atoms with Crippen molar-refractivity contribution >= 4 is 10.8 Å². The van der Waals surface area contributed by atoms with Crippen LogP contribution in [0.2, 0.25) is 0 Å². The van der Waals surface area contributed by atoms with Gasteiger partial charge in [-0.15, -0.1) is 0 Å². The molecule has 0 aliphatic carbocycles. The summed E-state index contributed by atoms with van der Waals surface area (Å²) in [5.41, 5.74) is 4.08. The summed E-state index contributed by atoms with van der Waals surface area (Å²) >= 11 is 0. The van der Waals surface area contributed by atoms with Crippen LogP contribution >= 0.6 is 0 Å². The van der Waals surface area contributed by atoms with E-state index in [0.717, 1.165) is 11.0 Å². The van der Waals surface area contributed by atoms with Crippen molar-refractivity contribution in [3.63, 3.8) is 0 Å². The molecule has 0 aliphatic heterocycles. The van der Waals surface area contributed by atoms with Gasteiger partial charge in [-0.1, -0.05) is 66.7 Å². The lowest BCUT2D eigenvalue weighted by molar-refractivity contribution is -0.883. The highest BCUT2D eigenvalue weighted by Gasteiger charge is 2.16. The summed E-state index contributed by atoms with van der Waals surface area (Å²) in [5, 5.41) is 2.69. The summed E-state index contributed by atoms with van der Waals surface area (Å²) in [6.07, 6.45) is 0. The molecule has 0 aliphatic rings. The molecule has 0 atom stereocenters. The van der Waals surface area contributed by atoms with E-state index in [0.29, 0.717) is 0 Å². The minimum absolute atomic E-state index is 0. The summed E-state index contributed by atoms with van der Waals surface area (Å²) < 4.78 is 0.924. The number of hydrogen-bond donors (Lipinski definition) is 0. The minimum Gasteiger partial charge on any atom is -1.00 e. The van der Waals surface area contributed by atoms with Crippen molar-refractivity contribution in [1.82, 2.24) is 0 Å². The van der Waals surface area contributed by atoms with Gasteiger partial charge in [-0.05, 0) is 21.9 Å². The van der Waals surface area contributed by atoms with Gasteiger partial charge < -0.3 is 28.5 Å². The van der Waals surface area contributed by atoms with E-state index >= 15 is 0 Å². The Bertz CT molecular complexity index is 758. The number of fused-ring (bicyclic) bond motifs is 1. The summed E-state index contributed by atoms with van der Waals surface area (Å²) in [6.45, 7) is 1.02. The Morgan fingerprint density at radius 1 is 0.727 bits per heavy atom. The zero-order valence-corrected chi connectivity index (χ0v) is 15.5. The van der Waals surface area contributed by atoms with E-state index in [1.54, 1.807) is 0 Å². The Balaban J connectivity index is 0.00000176. The molecular formula is C20H22IN. The predicted octanol–water partition coefficient (Wildman–Crippen LogP) is 1.72.